The van der Waals surface area contributed by atoms with Crippen LogP contribution in [0.4, 0.5) is 5.69 Å². The Morgan fingerprint density at radius 3 is 2.80 bits per heavy atom. The van der Waals surface area contributed by atoms with Gasteiger partial charge in [0.15, 0.2) is 0 Å². The molecule has 2 heterocycles. The third kappa shape index (κ3) is 2.38. The van der Waals surface area contributed by atoms with E-state index >= 15 is 0 Å². The van der Waals surface area contributed by atoms with Gasteiger partial charge in [-0.15, -0.1) is 0 Å². The van der Waals surface area contributed by atoms with E-state index < -0.39 is 0 Å². The summed E-state index contributed by atoms with van der Waals surface area (Å²) in [7, 11) is 0. The van der Waals surface area contributed by atoms with Crippen LogP contribution in [-0.2, 0) is 13.1 Å². The monoisotopic (exact) mass is 334 g/mol. The van der Waals surface area contributed by atoms with Crippen molar-refractivity contribution in [2.75, 3.05) is 5.32 Å². The lowest BCUT2D eigenvalue weighted by Crippen LogP contribution is -2.06. The van der Waals surface area contributed by atoms with Crippen molar-refractivity contribution >= 4 is 32.7 Å². The van der Waals surface area contributed by atoms with Gasteiger partial charge in [-0.1, -0.05) is 0 Å². The maximum Gasteiger partial charge on any atom is 0.323 e. The highest BCUT2D eigenvalue weighted by Crippen LogP contribution is 2.26. The van der Waals surface area contributed by atoms with Crippen LogP contribution in [0.3, 0.4) is 0 Å². The first-order valence-corrected chi connectivity index (χ1v) is 7.26. The lowest BCUT2D eigenvalue weighted by molar-refractivity contribution is 0.724. The molecular weight excluding hydrogens is 320 g/mol. The van der Waals surface area contributed by atoms with E-state index in [1.165, 1.54) is 5.69 Å². The van der Waals surface area contributed by atoms with Gasteiger partial charge in [0.05, 0.1) is 23.3 Å². The molecule has 3 rings (SSSR count). The normalized spacial score (nSPS) is 11.1. The zero-order chi connectivity index (χ0) is 14.1. The zero-order valence-electron chi connectivity index (χ0n) is 11.0. The van der Waals surface area contributed by atoms with Gasteiger partial charge in [0.1, 0.15) is 0 Å². The molecule has 104 valence electrons. The summed E-state index contributed by atoms with van der Waals surface area (Å²) >= 11 is 3.52. The molecule has 0 fully saturated rings. The Labute approximate surface area is 124 Å². The first-order chi connectivity index (χ1) is 9.67. The standard InChI is InChI=1S/C14H15BrN4O/c1-2-19-5-3-4-9(19)8-16-11-7-13-12(6-10(11)15)17-14(20)18-13/h3-7,16H,2,8H2,1H3,(H2,17,18,20). The zero-order valence-corrected chi connectivity index (χ0v) is 12.6. The van der Waals surface area contributed by atoms with Crippen molar-refractivity contribution in [2.45, 2.75) is 20.0 Å². The van der Waals surface area contributed by atoms with Crippen LogP contribution in [0.25, 0.3) is 11.0 Å². The lowest BCUT2D eigenvalue weighted by atomic mass is 10.2. The summed E-state index contributed by atoms with van der Waals surface area (Å²) in [5.41, 5.74) is 3.58. The molecule has 0 aliphatic heterocycles. The van der Waals surface area contributed by atoms with E-state index in [0.29, 0.717) is 0 Å². The SMILES string of the molecule is CCn1cccc1CNc1cc2[nH]c(=O)[nH]c2cc1Br. The molecule has 0 aliphatic rings. The van der Waals surface area contributed by atoms with Gasteiger partial charge in [0.25, 0.3) is 0 Å². The third-order valence-electron chi connectivity index (χ3n) is 3.33. The molecule has 0 aliphatic carbocycles. The molecule has 0 bridgehead atoms. The summed E-state index contributed by atoms with van der Waals surface area (Å²) in [6, 6.07) is 7.97. The molecule has 6 heteroatoms. The predicted octanol–water partition coefficient (Wildman–Crippen LogP) is 3.05. The number of aromatic amines is 2. The second-order valence-corrected chi connectivity index (χ2v) is 5.45. The molecule has 0 atom stereocenters. The summed E-state index contributed by atoms with van der Waals surface area (Å²) in [5.74, 6) is 0. The Kier molecular flexibility index (Phi) is 3.40. The molecule has 0 amide bonds. The third-order valence-corrected chi connectivity index (χ3v) is 3.98. The number of anilines is 1. The minimum atomic E-state index is -0.191. The summed E-state index contributed by atoms with van der Waals surface area (Å²) in [6.07, 6.45) is 2.07. The van der Waals surface area contributed by atoms with Crippen molar-refractivity contribution < 1.29 is 0 Å². The molecule has 0 spiro atoms. The van der Waals surface area contributed by atoms with Crippen LogP contribution in [-0.4, -0.2) is 14.5 Å². The van der Waals surface area contributed by atoms with Gasteiger partial charge in [-0.05, 0) is 47.1 Å². The smallest absolute Gasteiger partial charge is 0.323 e. The molecule has 3 N–H and O–H groups in total. The highest BCUT2D eigenvalue weighted by Gasteiger charge is 2.06. The number of hydrogen-bond acceptors (Lipinski definition) is 2. The van der Waals surface area contributed by atoms with Gasteiger partial charge in [-0.25, -0.2) is 4.79 Å². The highest BCUT2D eigenvalue weighted by atomic mass is 79.9. The number of nitrogens with one attached hydrogen (secondary N) is 3. The first kappa shape index (κ1) is 13.1. The number of aryl methyl sites for hydroxylation is 1. The van der Waals surface area contributed by atoms with E-state index in [2.05, 4.69) is 55.0 Å². The van der Waals surface area contributed by atoms with E-state index in [-0.39, 0.29) is 5.69 Å². The molecule has 0 unspecified atom stereocenters. The number of hydrogen-bond donors (Lipinski definition) is 3. The Hall–Kier alpha value is -1.95. The quantitative estimate of drug-likeness (QED) is 0.686. The average molecular weight is 335 g/mol. The van der Waals surface area contributed by atoms with E-state index in [9.17, 15) is 4.79 Å². The Bertz CT molecular complexity index is 799. The second-order valence-electron chi connectivity index (χ2n) is 4.60. The highest BCUT2D eigenvalue weighted by molar-refractivity contribution is 9.10. The fourth-order valence-electron chi connectivity index (χ4n) is 2.30. The van der Waals surface area contributed by atoms with Crippen molar-refractivity contribution in [1.29, 1.82) is 0 Å². The van der Waals surface area contributed by atoms with E-state index in [1.807, 2.05) is 18.2 Å². The fourth-order valence-corrected chi connectivity index (χ4v) is 2.78. The molecular formula is C14H15BrN4O. The second kappa shape index (κ2) is 5.20. The number of H-pyrrole nitrogens is 2. The Morgan fingerprint density at radius 2 is 2.05 bits per heavy atom. The van der Waals surface area contributed by atoms with E-state index in [0.717, 1.165) is 34.3 Å². The van der Waals surface area contributed by atoms with Crippen LogP contribution in [0.1, 0.15) is 12.6 Å². The van der Waals surface area contributed by atoms with Gasteiger partial charge in [-0.2, -0.15) is 0 Å². The maximum atomic E-state index is 11.3. The van der Waals surface area contributed by atoms with Crippen LogP contribution in [0.15, 0.2) is 39.7 Å². The molecule has 0 saturated carbocycles. The Morgan fingerprint density at radius 1 is 1.30 bits per heavy atom. The van der Waals surface area contributed by atoms with Crippen LogP contribution >= 0.6 is 15.9 Å². The Balaban J connectivity index is 1.87. The predicted molar refractivity (Wildman–Crippen MR) is 84.1 cm³/mol. The number of aromatic nitrogens is 3. The molecule has 0 saturated heterocycles. The number of benzene rings is 1. The summed E-state index contributed by atoms with van der Waals surface area (Å²) in [4.78, 5) is 16.8. The van der Waals surface area contributed by atoms with E-state index in [1.54, 1.807) is 0 Å². The maximum absolute atomic E-state index is 11.3. The summed E-state index contributed by atoms with van der Waals surface area (Å²) in [6.45, 7) is 3.81. The topological polar surface area (TPSA) is 65.6 Å². The minimum Gasteiger partial charge on any atom is -0.378 e. The van der Waals surface area contributed by atoms with Crippen LogP contribution in [0.2, 0.25) is 0 Å². The van der Waals surface area contributed by atoms with Gasteiger partial charge < -0.3 is 19.9 Å². The van der Waals surface area contributed by atoms with Crippen molar-refractivity contribution in [3.8, 4) is 0 Å². The van der Waals surface area contributed by atoms with Crippen LogP contribution in [0, 0.1) is 0 Å². The lowest BCUT2D eigenvalue weighted by Gasteiger charge is -2.11. The summed E-state index contributed by atoms with van der Waals surface area (Å²) in [5, 5.41) is 3.39. The molecule has 0 radical (unpaired) electrons. The van der Waals surface area contributed by atoms with Crippen molar-refractivity contribution in [1.82, 2.24) is 14.5 Å². The van der Waals surface area contributed by atoms with E-state index in [4.69, 9.17) is 0 Å². The number of imidazole rings is 1. The number of fused-ring (bicyclic) bond motifs is 1. The number of halogens is 1. The molecule has 1 aromatic carbocycles. The fraction of sp³-hybridized carbons (Fsp3) is 0.214. The molecule has 3 aromatic rings. The van der Waals surface area contributed by atoms with Crippen LogP contribution < -0.4 is 11.0 Å². The first-order valence-electron chi connectivity index (χ1n) is 6.47. The molecule has 2 aromatic heterocycles. The van der Waals surface area contributed by atoms with Gasteiger partial charge in [0.2, 0.25) is 0 Å². The summed E-state index contributed by atoms with van der Waals surface area (Å²) < 4.78 is 3.12. The van der Waals surface area contributed by atoms with Crippen LogP contribution in [0.5, 0.6) is 0 Å². The number of rotatable bonds is 4. The van der Waals surface area contributed by atoms with Crippen molar-refractivity contribution in [2.24, 2.45) is 0 Å². The average Bonchev–Trinajstić information content (AvgIpc) is 3.00. The van der Waals surface area contributed by atoms with Gasteiger partial charge >= 0.3 is 5.69 Å². The number of nitrogens with zero attached hydrogens (tertiary/aromatic N) is 1. The molecule has 20 heavy (non-hydrogen) atoms. The minimum absolute atomic E-state index is 0.191. The largest absolute Gasteiger partial charge is 0.378 e. The van der Waals surface area contributed by atoms with Crippen molar-refractivity contribution in [3.63, 3.8) is 0 Å². The van der Waals surface area contributed by atoms with Crippen molar-refractivity contribution in [3.05, 3.63) is 51.1 Å². The molecule has 5 nitrogen and oxygen atoms in total. The van der Waals surface area contributed by atoms with Gasteiger partial charge in [0, 0.05) is 22.9 Å². The van der Waals surface area contributed by atoms with Gasteiger partial charge in [-0.3, -0.25) is 0 Å².